The summed E-state index contributed by atoms with van der Waals surface area (Å²) in [6.45, 7) is 11.4. The van der Waals surface area contributed by atoms with Gasteiger partial charge in [-0.1, -0.05) is 259 Å². The number of rotatable bonds is 48. The highest BCUT2D eigenvalue weighted by atomic mass is 16.6. The summed E-state index contributed by atoms with van der Waals surface area (Å²) in [7, 11) is 0. The Balaban J connectivity index is 4.17. The Morgan fingerprint density at radius 2 is 0.550 bits per heavy atom. The molecule has 0 aromatic heterocycles. The molecule has 0 saturated carbocycles. The van der Waals surface area contributed by atoms with Crippen molar-refractivity contribution in [3.63, 3.8) is 0 Å². The van der Waals surface area contributed by atoms with Gasteiger partial charge in [-0.25, -0.2) is 0 Å². The molecule has 0 heterocycles. The third-order valence-electron chi connectivity index (χ3n) is 12.2. The molecule has 0 aromatic rings. The molecule has 0 fully saturated rings. The van der Waals surface area contributed by atoms with E-state index < -0.39 is 6.10 Å². The lowest BCUT2D eigenvalue weighted by Crippen LogP contribution is -2.30. The van der Waals surface area contributed by atoms with Crippen LogP contribution in [0, 0.1) is 11.8 Å². The predicted molar refractivity (Wildman–Crippen MR) is 256 cm³/mol. The summed E-state index contributed by atoms with van der Waals surface area (Å²) < 4.78 is 16.8. The topological polar surface area (TPSA) is 78.9 Å². The standard InChI is InChI=1S/C54H104O6/c1-6-7-8-9-27-34-39-44-52(55)58-47-51(48-59-53(56)45-40-35-30-25-21-18-14-16-20-24-29-33-38-43-50(4)5)60-54(57)46-41-36-31-26-22-17-13-11-10-12-15-19-23-28-32-37-42-49(2)3/h49-51H,6-48H2,1-5H3/t51-/m0/s1. The quantitative estimate of drug-likeness (QED) is 0.0345. The van der Waals surface area contributed by atoms with Gasteiger partial charge < -0.3 is 14.2 Å². The number of unbranched alkanes of at least 4 members (excludes halogenated alkanes) is 33. The summed E-state index contributed by atoms with van der Waals surface area (Å²) >= 11 is 0. The van der Waals surface area contributed by atoms with Crippen LogP contribution in [0.15, 0.2) is 0 Å². The Morgan fingerprint density at radius 1 is 0.317 bits per heavy atom. The van der Waals surface area contributed by atoms with Crippen LogP contribution in [-0.4, -0.2) is 37.2 Å². The minimum Gasteiger partial charge on any atom is -0.462 e. The number of ether oxygens (including phenoxy) is 3. The fourth-order valence-electron chi connectivity index (χ4n) is 8.17. The van der Waals surface area contributed by atoms with Gasteiger partial charge in [0.1, 0.15) is 13.2 Å². The second-order valence-corrected chi connectivity index (χ2v) is 19.5. The third kappa shape index (κ3) is 47.5. The fraction of sp³-hybridized carbons (Fsp3) is 0.944. The summed E-state index contributed by atoms with van der Waals surface area (Å²) in [6.07, 6.45) is 48.2. The zero-order chi connectivity index (χ0) is 44.0. The first-order valence-electron chi connectivity index (χ1n) is 26.7. The number of carbonyl (C=O) groups excluding carboxylic acids is 3. The highest BCUT2D eigenvalue weighted by Crippen LogP contribution is 2.18. The molecular weight excluding hydrogens is 745 g/mol. The van der Waals surface area contributed by atoms with Crippen LogP contribution in [0.5, 0.6) is 0 Å². The van der Waals surface area contributed by atoms with Crippen LogP contribution < -0.4 is 0 Å². The van der Waals surface area contributed by atoms with Crippen molar-refractivity contribution in [3.05, 3.63) is 0 Å². The van der Waals surface area contributed by atoms with E-state index in [-0.39, 0.29) is 31.1 Å². The molecule has 356 valence electrons. The van der Waals surface area contributed by atoms with Crippen LogP contribution in [0.1, 0.15) is 298 Å². The first-order valence-corrected chi connectivity index (χ1v) is 26.7. The van der Waals surface area contributed by atoms with Crippen LogP contribution in [-0.2, 0) is 28.6 Å². The average Bonchev–Trinajstić information content (AvgIpc) is 3.22. The van der Waals surface area contributed by atoms with Gasteiger partial charge in [0.05, 0.1) is 0 Å². The predicted octanol–water partition coefficient (Wildman–Crippen LogP) is 17.3. The lowest BCUT2D eigenvalue weighted by molar-refractivity contribution is -0.167. The molecule has 0 saturated heterocycles. The summed E-state index contributed by atoms with van der Waals surface area (Å²) in [5.41, 5.74) is 0. The van der Waals surface area contributed by atoms with Gasteiger partial charge in [0.25, 0.3) is 0 Å². The van der Waals surface area contributed by atoms with Gasteiger partial charge in [0.15, 0.2) is 6.10 Å². The van der Waals surface area contributed by atoms with Crippen LogP contribution in [0.4, 0.5) is 0 Å². The summed E-state index contributed by atoms with van der Waals surface area (Å²) in [6, 6.07) is 0. The van der Waals surface area contributed by atoms with Crippen molar-refractivity contribution >= 4 is 17.9 Å². The third-order valence-corrected chi connectivity index (χ3v) is 12.2. The molecule has 6 heteroatoms. The molecule has 0 rings (SSSR count). The van der Waals surface area contributed by atoms with E-state index in [1.807, 2.05) is 0 Å². The molecule has 6 nitrogen and oxygen atoms in total. The summed E-state index contributed by atoms with van der Waals surface area (Å²) in [5, 5.41) is 0. The molecule has 0 aliphatic heterocycles. The van der Waals surface area contributed by atoms with E-state index in [1.54, 1.807) is 0 Å². The Bertz CT molecular complexity index is 916. The Morgan fingerprint density at radius 3 is 0.817 bits per heavy atom. The van der Waals surface area contributed by atoms with Gasteiger partial charge in [0.2, 0.25) is 0 Å². The zero-order valence-electron chi connectivity index (χ0n) is 41.1. The highest BCUT2D eigenvalue weighted by Gasteiger charge is 2.19. The van der Waals surface area contributed by atoms with Crippen molar-refractivity contribution in [2.24, 2.45) is 11.8 Å². The van der Waals surface area contributed by atoms with Crippen molar-refractivity contribution in [2.45, 2.75) is 304 Å². The molecule has 0 aliphatic carbocycles. The van der Waals surface area contributed by atoms with E-state index in [2.05, 4.69) is 34.6 Å². The van der Waals surface area contributed by atoms with Crippen LogP contribution in [0.25, 0.3) is 0 Å². The molecule has 60 heavy (non-hydrogen) atoms. The fourth-order valence-corrected chi connectivity index (χ4v) is 8.17. The summed E-state index contributed by atoms with van der Waals surface area (Å²) in [5.74, 6) is 0.840. The monoisotopic (exact) mass is 849 g/mol. The molecule has 1 atom stereocenters. The van der Waals surface area contributed by atoms with Crippen LogP contribution >= 0.6 is 0 Å². The smallest absolute Gasteiger partial charge is 0.306 e. The van der Waals surface area contributed by atoms with Gasteiger partial charge in [-0.2, -0.15) is 0 Å². The van der Waals surface area contributed by atoms with E-state index in [0.717, 1.165) is 69.6 Å². The van der Waals surface area contributed by atoms with Crippen LogP contribution in [0.2, 0.25) is 0 Å². The zero-order valence-corrected chi connectivity index (χ0v) is 41.1. The molecule has 0 spiro atoms. The average molecular weight is 849 g/mol. The van der Waals surface area contributed by atoms with E-state index in [4.69, 9.17) is 14.2 Å². The maximum absolute atomic E-state index is 12.8. The second kappa shape index (κ2) is 46.9. The van der Waals surface area contributed by atoms with Gasteiger partial charge in [-0.15, -0.1) is 0 Å². The molecular formula is C54H104O6. The van der Waals surface area contributed by atoms with Crippen molar-refractivity contribution in [1.29, 1.82) is 0 Å². The molecule has 0 N–H and O–H groups in total. The first-order chi connectivity index (χ1) is 29.2. The van der Waals surface area contributed by atoms with Crippen molar-refractivity contribution < 1.29 is 28.6 Å². The van der Waals surface area contributed by atoms with Crippen LogP contribution in [0.3, 0.4) is 0 Å². The van der Waals surface area contributed by atoms with E-state index in [0.29, 0.717) is 19.3 Å². The highest BCUT2D eigenvalue weighted by molar-refractivity contribution is 5.71. The molecule has 0 radical (unpaired) electrons. The van der Waals surface area contributed by atoms with Crippen molar-refractivity contribution in [1.82, 2.24) is 0 Å². The lowest BCUT2D eigenvalue weighted by atomic mass is 10.0. The first kappa shape index (κ1) is 58.4. The molecule has 0 amide bonds. The minimum atomic E-state index is -0.760. The molecule has 0 aromatic carbocycles. The molecule has 0 aliphatic rings. The number of esters is 3. The minimum absolute atomic E-state index is 0.0637. The van der Waals surface area contributed by atoms with E-state index in [9.17, 15) is 14.4 Å². The Hall–Kier alpha value is -1.59. The second-order valence-electron chi connectivity index (χ2n) is 19.5. The van der Waals surface area contributed by atoms with Gasteiger partial charge in [-0.3, -0.25) is 14.4 Å². The Labute approximate surface area is 374 Å². The van der Waals surface area contributed by atoms with Gasteiger partial charge >= 0.3 is 17.9 Å². The van der Waals surface area contributed by atoms with E-state index >= 15 is 0 Å². The van der Waals surface area contributed by atoms with Crippen molar-refractivity contribution in [3.8, 4) is 0 Å². The van der Waals surface area contributed by atoms with Crippen molar-refractivity contribution in [2.75, 3.05) is 13.2 Å². The number of hydrogen-bond acceptors (Lipinski definition) is 6. The van der Waals surface area contributed by atoms with E-state index in [1.165, 1.54) is 186 Å². The number of hydrogen-bond donors (Lipinski definition) is 0. The summed E-state index contributed by atoms with van der Waals surface area (Å²) in [4.78, 5) is 37.8. The maximum atomic E-state index is 12.8. The number of carbonyl (C=O) groups is 3. The van der Waals surface area contributed by atoms with Gasteiger partial charge in [0, 0.05) is 19.3 Å². The Kier molecular flexibility index (Phi) is 45.7. The lowest BCUT2D eigenvalue weighted by Gasteiger charge is -2.18. The normalized spacial score (nSPS) is 12.1. The largest absolute Gasteiger partial charge is 0.462 e. The maximum Gasteiger partial charge on any atom is 0.306 e. The molecule has 0 bridgehead atoms. The molecule has 0 unspecified atom stereocenters. The van der Waals surface area contributed by atoms with Gasteiger partial charge in [-0.05, 0) is 31.1 Å². The SMILES string of the molecule is CCCCCCCCCC(=O)OC[C@@H](COC(=O)CCCCCCCCCCCCCCCC(C)C)OC(=O)CCCCCCCCCCCCCCCCCCC(C)C.